The monoisotopic (exact) mass is 246 g/mol. The van der Waals surface area contributed by atoms with E-state index in [1.54, 1.807) is 0 Å². The van der Waals surface area contributed by atoms with Crippen molar-refractivity contribution in [2.75, 3.05) is 12.3 Å². The number of nitrogen functional groups attached to an aromatic ring is 1. The van der Waals surface area contributed by atoms with Crippen LogP contribution in [0.2, 0.25) is 0 Å². The van der Waals surface area contributed by atoms with Gasteiger partial charge < -0.3 is 11.1 Å². The SMILES string of the molecule is CC(C)CNC(=O)c1nn(CC(F)F)cc1N. The van der Waals surface area contributed by atoms with Crippen molar-refractivity contribution < 1.29 is 13.6 Å². The van der Waals surface area contributed by atoms with E-state index in [4.69, 9.17) is 5.73 Å². The Bertz CT molecular complexity index is 390. The van der Waals surface area contributed by atoms with Crippen molar-refractivity contribution in [3.8, 4) is 0 Å². The van der Waals surface area contributed by atoms with E-state index in [2.05, 4.69) is 10.4 Å². The van der Waals surface area contributed by atoms with Gasteiger partial charge in [0.05, 0.1) is 5.69 Å². The first kappa shape index (κ1) is 13.4. The molecule has 0 radical (unpaired) electrons. The lowest BCUT2D eigenvalue weighted by atomic mass is 10.2. The first-order valence-corrected chi connectivity index (χ1v) is 5.29. The second-order valence-electron chi connectivity index (χ2n) is 4.15. The third kappa shape index (κ3) is 4.01. The fourth-order valence-corrected chi connectivity index (χ4v) is 1.23. The van der Waals surface area contributed by atoms with Gasteiger partial charge in [0.15, 0.2) is 5.69 Å². The number of rotatable bonds is 5. The van der Waals surface area contributed by atoms with Crippen molar-refractivity contribution in [3.05, 3.63) is 11.9 Å². The minimum Gasteiger partial charge on any atom is -0.396 e. The molecule has 7 heteroatoms. The van der Waals surface area contributed by atoms with Crippen LogP contribution in [0.3, 0.4) is 0 Å². The van der Waals surface area contributed by atoms with Gasteiger partial charge >= 0.3 is 0 Å². The van der Waals surface area contributed by atoms with E-state index < -0.39 is 18.9 Å². The molecule has 1 heterocycles. The standard InChI is InChI=1S/C10H16F2N4O/c1-6(2)3-14-10(17)9-7(13)4-16(15-9)5-8(11)12/h4,6,8H,3,5,13H2,1-2H3,(H,14,17). The fraction of sp³-hybridized carbons (Fsp3) is 0.600. The van der Waals surface area contributed by atoms with Crippen LogP contribution in [0.1, 0.15) is 24.3 Å². The Morgan fingerprint density at radius 2 is 2.24 bits per heavy atom. The Morgan fingerprint density at radius 1 is 1.59 bits per heavy atom. The number of carbonyl (C=O) groups is 1. The number of amides is 1. The minimum atomic E-state index is -2.53. The van der Waals surface area contributed by atoms with Gasteiger partial charge in [0.25, 0.3) is 12.3 Å². The second-order valence-corrected chi connectivity index (χ2v) is 4.15. The van der Waals surface area contributed by atoms with E-state index in [1.165, 1.54) is 6.20 Å². The van der Waals surface area contributed by atoms with Gasteiger partial charge in [-0.3, -0.25) is 9.48 Å². The van der Waals surface area contributed by atoms with Crippen molar-refractivity contribution in [1.82, 2.24) is 15.1 Å². The molecule has 0 spiro atoms. The molecule has 0 atom stereocenters. The number of alkyl halides is 2. The summed E-state index contributed by atoms with van der Waals surface area (Å²) in [5.74, 6) is -0.146. The molecule has 0 unspecified atom stereocenters. The minimum absolute atomic E-state index is 0.00806. The predicted octanol–water partition coefficient (Wildman–Crippen LogP) is 1.12. The number of nitrogens with one attached hydrogen (secondary N) is 1. The first-order valence-electron chi connectivity index (χ1n) is 5.29. The van der Waals surface area contributed by atoms with Crippen LogP contribution in [0.4, 0.5) is 14.5 Å². The van der Waals surface area contributed by atoms with Crippen LogP contribution >= 0.6 is 0 Å². The molecular formula is C10H16F2N4O. The van der Waals surface area contributed by atoms with Gasteiger partial charge in [0.2, 0.25) is 0 Å². The van der Waals surface area contributed by atoms with Crippen LogP contribution in [0.25, 0.3) is 0 Å². The highest BCUT2D eigenvalue weighted by molar-refractivity contribution is 5.96. The second kappa shape index (κ2) is 5.60. The molecule has 96 valence electrons. The Labute approximate surface area is 98.0 Å². The van der Waals surface area contributed by atoms with Gasteiger partial charge in [0, 0.05) is 12.7 Å². The summed E-state index contributed by atoms with van der Waals surface area (Å²) in [6.45, 7) is 3.81. The summed E-state index contributed by atoms with van der Waals surface area (Å²) in [6, 6.07) is 0. The molecule has 0 saturated carbocycles. The van der Waals surface area contributed by atoms with Gasteiger partial charge in [-0.2, -0.15) is 5.10 Å². The maximum absolute atomic E-state index is 12.1. The van der Waals surface area contributed by atoms with Crippen LogP contribution in [0.15, 0.2) is 6.20 Å². The molecule has 0 aliphatic carbocycles. The van der Waals surface area contributed by atoms with Crippen LogP contribution in [-0.2, 0) is 6.54 Å². The molecule has 0 bridgehead atoms. The number of anilines is 1. The number of carbonyl (C=O) groups excluding carboxylic acids is 1. The molecule has 1 aromatic heterocycles. The molecule has 0 aliphatic heterocycles. The number of nitrogens with zero attached hydrogens (tertiary/aromatic N) is 2. The van der Waals surface area contributed by atoms with Crippen molar-refractivity contribution in [2.45, 2.75) is 26.8 Å². The average molecular weight is 246 g/mol. The molecule has 0 fully saturated rings. The normalized spacial score (nSPS) is 11.2. The molecule has 0 saturated heterocycles. The van der Waals surface area contributed by atoms with Crippen molar-refractivity contribution in [3.63, 3.8) is 0 Å². The fourth-order valence-electron chi connectivity index (χ4n) is 1.23. The van der Waals surface area contributed by atoms with Crippen molar-refractivity contribution in [1.29, 1.82) is 0 Å². The van der Waals surface area contributed by atoms with E-state index >= 15 is 0 Å². The topological polar surface area (TPSA) is 72.9 Å². The van der Waals surface area contributed by atoms with Crippen molar-refractivity contribution >= 4 is 11.6 Å². The Kier molecular flexibility index (Phi) is 4.42. The third-order valence-electron chi connectivity index (χ3n) is 2.00. The van der Waals surface area contributed by atoms with Gasteiger partial charge in [-0.15, -0.1) is 0 Å². The van der Waals surface area contributed by atoms with Gasteiger partial charge in [-0.05, 0) is 5.92 Å². The molecule has 1 amide bonds. The summed E-state index contributed by atoms with van der Waals surface area (Å²) in [5, 5.41) is 6.35. The van der Waals surface area contributed by atoms with E-state index in [9.17, 15) is 13.6 Å². The van der Waals surface area contributed by atoms with Crippen LogP contribution < -0.4 is 11.1 Å². The van der Waals surface area contributed by atoms with Crippen LogP contribution in [0, 0.1) is 5.92 Å². The van der Waals surface area contributed by atoms with E-state index in [0.29, 0.717) is 12.5 Å². The highest BCUT2D eigenvalue weighted by atomic mass is 19.3. The predicted molar refractivity (Wildman–Crippen MR) is 59.8 cm³/mol. The summed E-state index contributed by atoms with van der Waals surface area (Å²) < 4.78 is 25.2. The lowest BCUT2D eigenvalue weighted by molar-refractivity contribution is 0.0939. The maximum Gasteiger partial charge on any atom is 0.273 e. The van der Waals surface area contributed by atoms with Gasteiger partial charge in [0.1, 0.15) is 6.54 Å². The van der Waals surface area contributed by atoms with E-state index in [0.717, 1.165) is 4.68 Å². The van der Waals surface area contributed by atoms with Crippen LogP contribution in [-0.4, -0.2) is 28.7 Å². The lowest BCUT2D eigenvalue weighted by Gasteiger charge is -2.05. The Hall–Kier alpha value is -1.66. The Morgan fingerprint density at radius 3 is 2.76 bits per heavy atom. The number of aromatic nitrogens is 2. The number of halogens is 2. The molecule has 0 aromatic carbocycles. The van der Waals surface area contributed by atoms with Crippen molar-refractivity contribution in [2.24, 2.45) is 5.92 Å². The quantitative estimate of drug-likeness (QED) is 0.817. The highest BCUT2D eigenvalue weighted by Crippen LogP contribution is 2.10. The largest absolute Gasteiger partial charge is 0.396 e. The van der Waals surface area contributed by atoms with E-state index in [1.807, 2.05) is 13.8 Å². The molecular weight excluding hydrogens is 230 g/mol. The zero-order valence-electron chi connectivity index (χ0n) is 9.78. The third-order valence-corrected chi connectivity index (χ3v) is 2.00. The molecule has 0 aliphatic rings. The zero-order chi connectivity index (χ0) is 13.0. The number of hydrogen-bond acceptors (Lipinski definition) is 3. The van der Waals surface area contributed by atoms with Gasteiger partial charge in [-0.25, -0.2) is 8.78 Å². The lowest BCUT2D eigenvalue weighted by Crippen LogP contribution is -2.28. The maximum atomic E-state index is 12.1. The summed E-state index contributed by atoms with van der Waals surface area (Å²) in [7, 11) is 0. The molecule has 5 nitrogen and oxygen atoms in total. The summed E-state index contributed by atoms with van der Waals surface area (Å²) in [5.41, 5.74) is 5.63. The summed E-state index contributed by atoms with van der Waals surface area (Å²) in [6.07, 6.45) is -1.29. The Balaban J connectivity index is 2.70. The number of hydrogen-bond donors (Lipinski definition) is 2. The number of nitrogens with two attached hydrogens (primary N) is 1. The van der Waals surface area contributed by atoms with E-state index in [-0.39, 0.29) is 11.4 Å². The summed E-state index contributed by atoms with van der Waals surface area (Å²) in [4.78, 5) is 11.6. The average Bonchev–Trinajstić information content (AvgIpc) is 2.54. The molecule has 3 N–H and O–H groups in total. The molecule has 1 rings (SSSR count). The highest BCUT2D eigenvalue weighted by Gasteiger charge is 2.16. The molecule has 1 aromatic rings. The summed E-state index contributed by atoms with van der Waals surface area (Å²) >= 11 is 0. The zero-order valence-corrected chi connectivity index (χ0v) is 9.78. The smallest absolute Gasteiger partial charge is 0.273 e. The van der Waals surface area contributed by atoms with Crippen LogP contribution in [0.5, 0.6) is 0 Å². The first-order chi connectivity index (χ1) is 7.90. The van der Waals surface area contributed by atoms with Gasteiger partial charge in [-0.1, -0.05) is 13.8 Å². The molecule has 17 heavy (non-hydrogen) atoms.